The number of carbonyl (C=O) groups is 1. The SMILES string of the molecule is CCCCn1c(=O)[nH]c(=O)c2c1nc(CCC(=O)NCC#Cc1ccccc1)n2CC(C)C. The molecule has 0 aliphatic heterocycles. The van der Waals surface area contributed by atoms with Crippen LogP contribution in [0.25, 0.3) is 11.2 Å². The Morgan fingerprint density at radius 3 is 2.64 bits per heavy atom. The number of aromatic amines is 1. The number of rotatable bonds is 9. The summed E-state index contributed by atoms with van der Waals surface area (Å²) in [7, 11) is 0. The minimum Gasteiger partial charge on any atom is -0.345 e. The fourth-order valence-electron chi connectivity index (χ4n) is 3.62. The van der Waals surface area contributed by atoms with E-state index in [2.05, 4.69) is 41.0 Å². The number of amides is 1. The molecule has 1 aromatic carbocycles. The molecule has 2 N–H and O–H groups in total. The molecule has 174 valence electrons. The predicted molar refractivity (Wildman–Crippen MR) is 129 cm³/mol. The van der Waals surface area contributed by atoms with Gasteiger partial charge in [-0.15, -0.1) is 0 Å². The molecule has 0 saturated heterocycles. The number of carbonyl (C=O) groups excluding carboxylic acids is 1. The van der Waals surface area contributed by atoms with Crippen molar-refractivity contribution in [3.8, 4) is 11.8 Å². The van der Waals surface area contributed by atoms with Crippen LogP contribution in [0, 0.1) is 17.8 Å². The van der Waals surface area contributed by atoms with E-state index in [-0.39, 0.29) is 24.8 Å². The minimum absolute atomic E-state index is 0.141. The molecular weight excluding hydrogens is 418 g/mol. The van der Waals surface area contributed by atoms with Gasteiger partial charge < -0.3 is 9.88 Å². The zero-order valence-corrected chi connectivity index (χ0v) is 19.5. The number of hydrogen-bond donors (Lipinski definition) is 2. The second-order valence-electron chi connectivity index (χ2n) is 8.41. The number of imidazole rings is 1. The molecule has 0 bridgehead atoms. The van der Waals surface area contributed by atoms with E-state index in [0.717, 1.165) is 18.4 Å². The summed E-state index contributed by atoms with van der Waals surface area (Å²) in [4.78, 5) is 44.5. The van der Waals surface area contributed by atoms with Gasteiger partial charge in [0.1, 0.15) is 5.82 Å². The largest absolute Gasteiger partial charge is 0.345 e. The summed E-state index contributed by atoms with van der Waals surface area (Å²) in [6, 6.07) is 9.58. The Labute approximate surface area is 193 Å². The molecule has 33 heavy (non-hydrogen) atoms. The lowest BCUT2D eigenvalue weighted by molar-refractivity contribution is -0.120. The van der Waals surface area contributed by atoms with Crippen LogP contribution >= 0.6 is 0 Å². The summed E-state index contributed by atoms with van der Waals surface area (Å²) in [6.45, 7) is 7.46. The maximum Gasteiger partial charge on any atom is 0.330 e. The van der Waals surface area contributed by atoms with Gasteiger partial charge >= 0.3 is 5.69 Å². The van der Waals surface area contributed by atoms with Gasteiger partial charge in [0.05, 0.1) is 6.54 Å². The van der Waals surface area contributed by atoms with E-state index >= 15 is 0 Å². The molecule has 3 aromatic rings. The number of H-pyrrole nitrogens is 1. The fourth-order valence-corrected chi connectivity index (χ4v) is 3.62. The van der Waals surface area contributed by atoms with Crippen molar-refractivity contribution in [1.82, 2.24) is 24.4 Å². The van der Waals surface area contributed by atoms with Crippen molar-refractivity contribution in [2.45, 2.75) is 59.5 Å². The van der Waals surface area contributed by atoms with Crippen molar-refractivity contribution in [2.75, 3.05) is 6.54 Å². The third-order valence-electron chi connectivity index (χ3n) is 5.20. The lowest BCUT2D eigenvalue weighted by Crippen LogP contribution is -2.31. The molecular formula is C25H31N5O3. The van der Waals surface area contributed by atoms with E-state index in [0.29, 0.717) is 36.5 Å². The summed E-state index contributed by atoms with van der Waals surface area (Å²) < 4.78 is 3.38. The summed E-state index contributed by atoms with van der Waals surface area (Å²) >= 11 is 0. The smallest absolute Gasteiger partial charge is 0.330 e. The molecule has 0 atom stereocenters. The van der Waals surface area contributed by atoms with Crippen LogP contribution < -0.4 is 16.6 Å². The second-order valence-corrected chi connectivity index (χ2v) is 8.41. The fraction of sp³-hybridized carbons (Fsp3) is 0.440. The number of hydrogen-bond acceptors (Lipinski definition) is 4. The highest BCUT2D eigenvalue weighted by molar-refractivity contribution is 5.77. The molecule has 0 fully saturated rings. The maximum absolute atomic E-state index is 12.6. The number of benzene rings is 1. The normalized spacial score (nSPS) is 10.9. The molecule has 0 spiro atoms. The van der Waals surface area contributed by atoms with Gasteiger partial charge in [-0.3, -0.25) is 19.1 Å². The van der Waals surface area contributed by atoms with Gasteiger partial charge in [-0.1, -0.05) is 57.2 Å². The Balaban J connectivity index is 1.78. The van der Waals surface area contributed by atoms with E-state index in [1.807, 2.05) is 41.8 Å². The van der Waals surface area contributed by atoms with E-state index in [1.165, 1.54) is 4.57 Å². The quantitative estimate of drug-likeness (QED) is 0.490. The van der Waals surface area contributed by atoms with Gasteiger partial charge in [-0.05, 0) is 24.5 Å². The van der Waals surface area contributed by atoms with Crippen molar-refractivity contribution in [3.63, 3.8) is 0 Å². The van der Waals surface area contributed by atoms with Crippen molar-refractivity contribution < 1.29 is 4.79 Å². The lowest BCUT2D eigenvalue weighted by atomic mass is 10.2. The highest BCUT2D eigenvalue weighted by atomic mass is 16.2. The summed E-state index contributed by atoms with van der Waals surface area (Å²) in [6.07, 6.45) is 2.30. The van der Waals surface area contributed by atoms with Crippen molar-refractivity contribution in [1.29, 1.82) is 0 Å². The molecule has 0 aliphatic carbocycles. The number of nitrogens with zero attached hydrogens (tertiary/aromatic N) is 3. The summed E-state index contributed by atoms with van der Waals surface area (Å²) in [5.41, 5.74) is 0.790. The van der Waals surface area contributed by atoms with Crippen LogP contribution in [0.4, 0.5) is 0 Å². The predicted octanol–water partition coefficient (Wildman–Crippen LogP) is 2.44. The Morgan fingerprint density at radius 2 is 1.94 bits per heavy atom. The molecule has 8 nitrogen and oxygen atoms in total. The van der Waals surface area contributed by atoms with Gasteiger partial charge in [-0.25, -0.2) is 9.78 Å². The van der Waals surface area contributed by atoms with Gasteiger partial charge in [0.2, 0.25) is 5.91 Å². The maximum atomic E-state index is 12.6. The molecule has 0 aliphatic rings. The number of aromatic nitrogens is 4. The van der Waals surface area contributed by atoms with Crippen molar-refractivity contribution in [3.05, 3.63) is 62.6 Å². The Kier molecular flexibility index (Phi) is 8.25. The molecule has 3 rings (SSSR count). The highest BCUT2D eigenvalue weighted by Gasteiger charge is 2.19. The Bertz CT molecular complexity index is 1270. The molecule has 1 amide bonds. The molecule has 2 aromatic heterocycles. The van der Waals surface area contributed by atoms with E-state index < -0.39 is 11.2 Å². The van der Waals surface area contributed by atoms with Crippen molar-refractivity contribution >= 4 is 17.1 Å². The molecule has 2 heterocycles. The van der Waals surface area contributed by atoms with Crippen LogP contribution in [0.3, 0.4) is 0 Å². The Hall–Kier alpha value is -3.60. The molecule has 8 heteroatoms. The van der Waals surface area contributed by atoms with Crippen LogP contribution in [0.15, 0.2) is 39.9 Å². The van der Waals surface area contributed by atoms with Crippen LogP contribution in [0.2, 0.25) is 0 Å². The van der Waals surface area contributed by atoms with Crippen LogP contribution in [-0.2, 0) is 24.3 Å². The molecule has 0 radical (unpaired) electrons. The zero-order valence-electron chi connectivity index (χ0n) is 19.5. The van der Waals surface area contributed by atoms with Gasteiger partial charge in [0.15, 0.2) is 11.2 Å². The number of nitrogens with one attached hydrogen (secondary N) is 2. The van der Waals surface area contributed by atoms with Crippen LogP contribution in [0.1, 0.15) is 51.4 Å². The first-order valence-corrected chi connectivity index (χ1v) is 11.4. The Morgan fingerprint density at radius 1 is 1.18 bits per heavy atom. The van der Waals surface area contributed by atoms with Crippen LogP contribution in [-0.4, -0.2) is 31.6 Å². The zero-order chi connectivity index (χ0) is 23.8. The second kappa shape index (κ2) is 11.3. The van der Waals surface area contributed by atoms with Crippen LogP contribution in [0.5, 0.6) is 0 Å². The third-order valence-corrected chi connectivity index (χ3v) is 5.20. The summed E-state index contributed by atoms with van der Waals surface area (Å²) in [5.74, 6) is 6.70. The van der Waals surface area contributed by atoms with E-state index in [9.17, 15) is 14.4 Å². The average Bonchev–Trinajstić information content (AvgIpc) is 3.13. The third kappa shape index (κ3) is 6.22. The first-order chi connectivity index (χ1) is 15.9. The monoisotopic (exact) mass is 449 g/mol. The number of aryl methyl sites for hydroxylation is 2. The summed E-state index contributed by atoms with van der Waals surface area (Å²) in [5, 5.41) is 2.80. The van der Waals surface area contributed by atoms with Gasteiger partial charge in [0.25, 0.3) is 5.56 Å². The first-order valence-electron chi connectivity index (χ1n) is 11.4. The standard InChI is InChI=1S/C25H31N5O3/c1-4-5-16-29-23-22(24(32)28-25(29)33)30(17-18(2)3)20(27-23)13-14-21(31)26-15-9-12-19-10-7-6-8-11-19/h6-8,10-11,18H,4-5,13-17H2,1-3H3,(H,26,31)(H,28,32,33). The van der Waals surface area contributed by atoms with Gasteiger partial charge in [0, 0.05) is 31.5 Å². The van der Waals surface area contributed by atoms with Gasteiger partial charge in [-0.2, -0.15) is 0 Å². The van der Waals surface area contributed by atoms with E-state index in [1.54, 1.807) is 0 Å². The van der Waals surface area contributed by atoms with E-state index in [4.69, 9.17) is 0 Å². The molecule has 0 saturated carbocycles. The topological polar surface area (TPSA) is 102 Å². The first kappa shape index (κ1) is 24.1. The lowest BCUT2D eigenvalue weighted by Gasteiger charge is -2.11. The highest BCUT2D eigenvalue weighted by Crippen LogP contribution is 2.16. The average molecular weight is 450 g/mol. The molecule has 0 unspecified atom stereocenters. The minimum atomic E-state index is -0.448. The number of fused-ring (bicyclic) bond motifs is 1. The van der Waals surface area contributed by atoms with Crippen molar-refractivity contribution in [2.24, 2.45) is 5.92 Å². The number of unbranched alkanes of at least 4 members (excludes halogenated alkanes) is 1.